The van der Waals surface area contributed by atoms with Gasteiger partial charge in [-0.3, -0.25) is 4.79 Å². The Bertz CT molecular complexity index is 230. The van der Waals surface area contributed by atoms with E-state index in [-0.39, 0.29) is 17.5 Å². The Kier molecular flexibility index (Phi) is 3.64. The Balaban J connectivity index is 2.61. The lowest BCUT2D eigenvalue weighted by Gasteiger charge is -2.03. The fourth-order valence-corrected chi connectivity index (χ4v) is 1.75. The maximum atomic E-state index is 13.3. The van der Waals surface area contributed by atoms with Gasteiger partial charge in [0.25, 0.3) is 0 Å². The minimum atomic E-state index is -0.148. The molecule has 1 atom stereocenters. The first-order chi connectivity index (χ1) is 6.20. The van der Waals surface area contributed by atoms with Gasteiger partial charge in [-0.25, -0.2) is 4.39 Å². The number of ketones is 1. The minimum Gasteiger partial charge on any atom is -0.294 e. The maximum Gasteiger partial charge on any atom is 0.164 e. The molecule has 1 aliphatic rings. The van der Waals surface area contributed by atoms with Crippen molar-refractivity contribution in [1.29, 1.82) is 0 Å². The van der Waals surface area contributed by atoms with Crippen molar-refractivity contribution in [2.75, 3.05) is 0 Å². The van der Waals surface area contributed by atoms with Gasteiger partial charge in [-0.2, -0.15) is 0 Å². The van der Waals surface area contributed by atoms with Gasteiger partial charge in [-0.05, 0) is 19.3 Å². The van der Waals surface area contributed by atoms with Crippen molar-refractivity contribution in [3.8, 4) is 0 Å². The molecule has 1 unspecified atom stereocenters. The number of allylic oxidation sites excluding steroid dienone is 2. The summed E-state index contributed by atoms with van der Waals surface area (Å²) in [6.07, 6.45) is 3.69. The van der Waals surface area contributed by atoms with Crippen molar-refractivity contribution in [2.24, 2.45) is 5.92 Å². The van der Waals surface area contributed by atoms with E-state index >= 15 is 0 Å². The summed E-state index contributed by atoms with van der Waals surface area (Å²) in [5.41, 5.74) is 0.480. The molecule has 0 saturated carbocycles. The molecule has 0 spiro atoms. The molecule has 1 nitrogen and oxygen atoms in total. The van der Waals surface area contributed by atoms with E-state index in [9.17, 15) is 9.18 Å². The van der Waals surface area contributed by atoms with Gasteiger partial charge >= 0.3 is 0 Å². The lowest BCUT2D eigenvalue weighted by Crippen LogP contribution is -2.08. The van der Waals surface area contributed by atoms with Crippen LogP contribution in [0.5, 0.6) is 0 Å². The number of unbranched alkanes of at least 4 members (excludes halogenated alkanes) is 1. The third-order valence-corrected chi connectivity index (χ3v) is 2.69. The SMILES string of the molecule is CCCCC1=C(F)CC(CC)C1=O. The van der Waals surface area contributed by atoms with E-state index < -0.39 is 0 Å². The van der Waals surface area contributed by atoms with Crippen molar-refractivity contribution in [3.63, 3.8) is 0 Å². The van der Waals surface area contributed by atoms with Crippen LogP contribution in [0.2, 0.25) is 0 Å². The normalized spacial score (nSPS) is 23.0. The van der Waals surface area contributed by atoms with Gasteiger partial charge < -0.3 is 0 Å². The molecule has 1 rings (SSSR count). The number of halogens is 1. The number of carbonyl (C=O) groups excluding carboxylic acids is 1. The highest BCUT2D eigenvalue weighted by molar-refractivity contribution is 6.00. The van der Waals surface area contributed by atoms with Gasteiger partial charge in [0.15, 0.2) is 5.78 Å². The number of hydrogen-bond acceptors (Lipinski definition) is 1. The molecule has 0 aliphatic heterocycles. The zero-order valence-electron chi connectivity index (χ0n) is 8.40. The van der Waals surface area contributed by atoms with Crippen LogP contribution in [0.1, 0.15) is 46.0 Å². The number of Topliss-reactive ketones (excluding diaryl/α,β-unsaturated/α-hetero) is 1. The predicted octanol–water partition coefficient (Wildman–Crippen LogP) is 3.40. The summed E-state index contributed by atoms with van der Waals surface area (Å²) in [4.78, 5) is 11.6. The summed E-state index contributed by atoms with van der Waals surface area (Å²) in [5, 5.41) is 0. The van der Waals surface area contributed by atoms with Crippen LogP contribution in [0.15, 0.2) is 11.4 Å². The van der Waals surface area contributed by atoms with Crippen LogP contribution >= 0.6 is 0 Å². The Labute approximate surface area is 79.0 Å². The van der Waals surface area contributed by atoms with Gasteiger partial charge in [0.2, 0.25) is 0 Å². The summed E-state index contributed by atoms with van der Waals surface area (Å²) in [5.74, 6) is -0.148. The smallest absolute Gasteiger partial charge is 0.164 e. The Morgan fingerprint density at radius 3 is 2.62 bits per heavy atom. The van der Waals surface area contributed by atoms with Crippen molar-refractivity contribution < 1.29 is 9.18 Å². The van der Waals surface area contributed by atoms with Gasteiger partial charge in [0.1, 0.15) is 5.83 Å². The molecule has 0 N–H and O–H groups in total. The lowest BCUT2D eigenvalue weighted by atomic mass is 9.99. The molecule has 0 radical (unpaired) electrons. The van der Waals surface area contributed by atoms with Crippen LogP contribution in [-0.2, 0) is 4.79 Å². The predicted molar refractivity (Wildman–Crippen MR) is 51.1 cm³/mol. The second kappa shape index (κ2) is 4.54. The zero-order chi connectivity index (χ0) is 9.84. The van der Waals surface area contributed by atoms with Crippen LogP contribution in [0.25, 0.3) is 0 Å². The van der Waals surface area contributed by atoms with Crippen LogP contribution in [0.3, 0.4) is 0 Å². The van der Waals surface area contributed by atoms with E-state index in [2.05, 4.69) is 6.92 Å². The summed E-state index contributed by atoms with van der Waals surface area (Å²) >= 11 is 0. The summed E-state index contributed by atoms with van der Waals surface area (Å²) in [6, 6.07) is 0. The van der Waals surface area contributed by atoms with Crippen molar-refractivity contribution in [3.05, 3.63) is 11.4 Å². The van der Waals surface area contributed by atoms with E-state index in [1.54, 1.807) is 0 Å². The van der Waals surface area contributed by atoms with Crippen LogP contribution in [0, 0.1) is 5.92 Å². The molecule has 13 heavy (non-hydrogen) atoms. The van der Waals surface area contributed by atoms with E-state index in [1.165, 1.54) is 0 Å². The molecular weight excluding hydrogens is 167 g/mol. The largest absolute Gasteiger partial charge is 0.294 e. The van der Waals surface area contributed by atoms with Crippen molar-refractivity contribution in [1.82, 2.24) is 0 Å². The quantitative estimate of drug-likeness (QED) is 0.654. The van der Waals surface area contributed by atoms with E-state index in [4.69, 9.17) is 0 Å². The molecule has 1 aliphatic carbocycles. The maximum absolute atomic E-state index is 13.3. The molecule has 0 bridgehead atoms. The standard InChI is InChI=1S/C11H17FO/c1-3-5-6-9-10(12)7-8(4-2)11(9)13/h8H,3-7H2,1-2H3. The lowest BCUT2D eigenvalue weighted by molar-refractivity contribution is -0.118. The average Bonchev–Trinajstić information content (AvgIpc) is 2.39. The topological polar surface area (TPSA) is 17.1 Å². The second-order valence-electron chi connectivity index (χ2n) is 3.66. The molecular formula is C11H17FO. The molecule has 0 aromatic carbocycles. The summed E-state index contributed by atoms with van der Waals surface area (Å²) in [7, 11) is 0. The molecule has 0 saturated heterocycles. The zero-order valence-corrected chi connectivity index (χ0v) is 8.40. The van der Waals surface area contributed by atoms with Crippen LogP contribution in [0.4, 0.5) is 4.39 Å². The van der Waals surface area contributed by atoms with Gasteiger partial charge in [0, 0.05) is 17.9 Å². The van der Waals surface area contributed by atoms with E-state index in [0.29, 0.717) is 18.4 Å². The first kappa shape index (κ1) is 10.4. The Hall–Kier alpha value is -0.660. The van der Waals surface area contributed by atoms with Crippen LogP contribution < -0.4 is 0 Å². The third kappa shape index (κ3) is 2.17. The highest BCUT2D eigenvalue weighted by Gasteiger charge is 2.31. The third-order valence-electron chi connectivity index (χ3n) is 2.69. The second-order valence-corrected chi connectivity index (χ2v) is 3.66. The van der Waals surface area contributed by atoms with Crippen LogP contribution in [-0.4, -0.2) is 5.78 Å². The first-order valence-corrected chi connectivity index (χ1v) is 5.12. The Morgan fingerprint density at radius 2 is 2.15 bits per heavy atom. The minimum absolute atomic E-state index is 0.0631. The number of rotatable bonds is 4. The van der Waals surface area contributed by atoms with E-state index in [0.717, 1.165) is 19.3 Å². The molecule has 0 heterocycles. The van der Waals surface area contributed by atoms with Crippen molar-refractivity contribution in [2.45, 2.75) is 46.0 Å². The highest BCUT2D eigenvalue weighted by atomic mass is 19.1. The highest BCUT2D eigenvalue weighted by Crippen LogP contribution is 2.33. The average molecular weight is 184 g/mol. The number of hydrogen-bond donors (Lipinski definition) is 0. The van der Waals surface area contributed by atoms with Gasteiger partial charge in [-0.15, -0.1) is 0 Å². The molecule has 0 amide bonds. The molecule has 0 aromatic heterocycles. The fraction of sp³-hybridized carbons (Fsp3) is 0.727. The molecule has 74 valence electrons. The molecule has 2 heteroatoms. The summed E-state index contributed by atoms with van der Waals surface area (Å²) < 4.78 is 13.3. The fourth-order valence-electron chi connectivity index (χ4n) is 1.75. The van der Waals surface area contributed by atoms with E-state index in [1.807, 2.05) is 6.92 Å². The molecule has 0 aromatic rings. The Morgan fingerprint density at radius 1 is 1.46 bits per heavy atom. The van der Waals surface area contributed by atoms with Gasteiger partial charge in [0.05, 0.1) is 0 Å². The monoisotopic (exact) mass is 184 g/mol. The van der Waals surface area contributed by atoms with Gasteiger partial charge in [-0.1, -0.05) is 20.3 Å². The first-order valence-electron chi connectivity index (χ1n) is 5.12. The summed E-state index contributed by atoms with van der Waals surface area (Å²) in [6.45, 7) is 3.99. The van der Waals surface area contributed by atoms with Crippen molar-refractivity contribution >= 4 is 5.78 Å². The number of carbonyl (C=O) groups is 1. The molecule has 0 fully saturated rings.